The first-order chi connectivity index (χ1) is 10.1. The molecular weight excluding hydrogens is 268 g/mol. The van der Waals surface area contributed by atoms with Crippen LogP contribution in [0, 0.1) is 6.92 Å². The molecule has 0 aliphatic carbocycles. The molecule has 3 aromatic rings. The molecule has 1 aromatic carbocycles. The maximum absolute atomic E-state index is 12.3. The average molecular weight is 284 g/mol. The SMILES string of the molecule is Cc1noc2cc(NC(=O)c3ccnn3C(C)C)ccc12. The van der Waals surface area contributed by atoms with Crippen LogP contribution < -0.4 is 5.32 Å². The van der Waals surface area contributed by atoms with Crippen molar-refractivity contribution in [2.75, 3.05) is 5.32 Å². The highest BCUT2D eigenvalue weighted by Gasteiger charge is 2.14. The fourth-order valence-corrected chi connectivity index (χ4v) is 2.24. The predicted octanol–water partition coefficient (Wildman–Crippen LogP) is 3.17. The molecule has 0 spiro atoms. The van der Waals surface area contributed by atoms with Crippen molar-refractivity contribution in [2.24, 2.45) is 0 Å². The zero-order valence-corrected chi connectivity index (χ0v) is 12.1. The quantitative estimate of drug-likeness (QED) is 0.801. The summed E-state index contributed by atoms with van der Waals surface area (Å²) < 4.78 is 6.89. The predicted molar refractivity (Wildman–Crippen MR) is 79.3 cm³/mol. The molecule has 0 aliphatic rings. The summed E-state index contributed by atoms with van der Waals surface area (Å²) in [5.74, 6) is -0.197. The largest absolute Gasteiger partial charge is 0.356 e. The number of carbonyl (C=O) groups is 1. The highest BCUT2D eigenvalue weighted by Crippen LogP contribution is 2.22. The van der Waals surface area contributed by atoms with Crippen molar-refractivity contribution in [1.82, 2.24) is 14.9 Å². The van der Waals surface area contributed by atoms with Crippen molar-refractivity contribution in [3.63, 3.8) is 0 Å². The second-order valence-electron chi connectivity index (χ2n) is 5.19. The summed E-state index contributed by atoms with van der Waals surface area (Å²) in [6.45, 7) is 5.84. The summed E-state index contributed by atoms with van der Waals surface area (Å²) in [7, 11) is 0. The Morgan fingerprint density at radius 3 is 2.90 bits per heavy atom. The number of carbonyl (C=O) groups excluding carboxylic acids is 1. The molecule has 1 amide bonds. The summed E-state index contributed by atoms with van der Waals surface area (Å²) in [5, 5.41) is 11.9. The van der Waals surface area contributed by atoms with Gasteiger partial charge in [-0.05, 0) is 39.0 Å². The van der Waals surface area contributed by atoms with Crippen LogP contribution in [0.4, 0.5) is 5.69 Å². The lowest BCUT2D eigenvalue weighted by molar-refractivity contribution is 0.101. The number of nitrogens with one attached hydrogen (secondary N) is 1. The average Bonchev–Trinajstić information content (AvgIpc) is 3.06. The van der Waals surface area contributed by atoms with Gasteiger partial charge in [-0.2, -0.15) is 5.10 Å². The van der Waals surface area contributed by atoms with Crippen LogP contribution in [0.2, 0.25) is 0 Å². The van der Waals surface area contributed by atoms with Crippen molar-refractivity contribution < 1.29 is 9.32 Å². The van der Waals surface area contributed by atoms with Crippen LogP contribution in [-0.2, 0) is 0 Å². The molecule has 6 nitrogen and oxygen atoms in total. The van der Waals surface area contributed by atoms with Gasteiger partial charge >= 0.3 is 0 Å². The fourth-order valence-electron chi connectivity index (χ4n) is 2.24. The first kappa shape index (κ1) is 13.4. The van der Waals surface area contributed by atoms with E-state index in [0.29, 0.717) is 17.0 Å². The topological polar surface area (TPSA) is 73.0 Å². The van der Waals surface area contributed by atoms with Gasteiger partial charge in [-0.3, -0.25) is 9.48 Å². The van der Waals surface area contributed by atoms with Crippen LogP contribution in [-0.4, -0.2) is 20.8 Å². The van der Waals surface area contributed by atoms with Gasteiger partial charge in [0.15, 0.2) is 5.58 Å². The summed E-state index contributed by atoms with van der Waals surface area (Å²) in [5.41, 5.74) is 2.68. The van der Waals surface area contributed by atoms with E-state index in [1.165, 1.54) is 0 Å². The fraction of sp³-hybridized carbons (Fsp3) is 0.267. The molecule has 0 unspecified atom stereocenters. The van der Waals surface area contributed by atoms with Gasteiger partial charge in [-0.25, -0.2) is 0 Å². The van der Waals surface area contributed by atoms with Crippen LogP contribution in [0.3, 0.4) is 0 Å². The molecule has 2 heterocycles. The van der Waals surface area contributed by atoms with Gasteiger partial charge in [0.25, 0.3) is 5.91 Å². The van der Waals surface area contributed by atoms with E-state index in [9.17, 15) is 4.79 Å². The third-order valence-corrected chi connectivity index (χ3v) is 3.30. The number of rotatable bonds is 3. The maximum Gasteiger partial charge on any atom is 0.273 e. The molecule has 0 bridgehead atoms. The summed E-state index contributed by atoms with van der Waals surface area (Å²) in [6.07, 6.45) is 1.62. The molecule has 6 heteroatoms. The van der Waals surface area contributed by atoms with Crippen LogP contribution in [0.1, 0.15) is 36.1 Å². The Bertz CT molecular complexity index is 801. The van der Waals surface area contributed by atoms with Crippen LogP contribution in [0.15, 0.2) is 35.0 Å². The molecule has 3 rings (SSSR count). The van der Waals surface area contributed by atoms with Crippen molar-refractivity contribution in [3.8, 4) is 0 Å². The van der Waals surface area contributed by atoms with Crippen LogP contribution >= 0.6 is 0 Å². The first-order valence-corrected chi connectivity index (χ1v) is 6.77. The number of nitrogens with zero attached hydrogens (tertiary/aromatic N) is 3. The van der Waals surface area contributed by atoms with Crippen molar-refractivity contribution in [1.29, 1.82) is 0 Å². The van der Waals surface area contributed by atoms with E-state index in [0.717, 1.165) is 11.1 Å². The number of hydrogen-bond donors (Lipinski definition) is 1. The molecule has 0 radical (unpaired) electrons. The van der Waals surface area contributed by atoms with E-state index in [1.54, 1.807) is 23.0 Å². The molecule has 1 N–H and O–H groups in total. The minimum Gasteiger partial charge on any atom is -0.356 e. The zero-order valence-electron chi connectivity index (χ0n) is 12.1. The molecular formula is C15H16N4O2. The molecule has 21 heavy (non-hydrogen) atoms. The summed E-state index contributed by atoms with van der Waals surface area (Å²) >= 11 is 0. The van der Waals surface area contributed by atoms with Gasteiger partial charge in [0.1, 0.15) is 5.69 Å². The molecule has 0 fully saturated rings. The van der Waals surface area contributed by atoms with Crippen molar-refractivity contribution in [2.45, 2.75) is 26.8 Å². The number of fused-ring (bicyclic) bond motifs is 1. The zero-order chi connectivity index (χ0) is 15.0. The van der Waals surface area contributed by atoms with E-state index in [-0.39, 0.29) is 11.9 Å². The highest BCUT2D eigenvalue weighted by molar-refractivity contribution is 6.03. The van der Waals surface area contributed by atoms with E-state index >= 15 is 0 Å². The Hall–Kier alpha value is -2.63. The minimum absolute atomic E-state index is 0.125. The molecule has 0 saturated carbocycles. The first-order valence-electron chi connectivity index (χ1n) is 6.77. The Balaban J connectivity index is 1.87. The molecule has 0 saturated heterocycles. The van der Waals surface area contributed by atoms with Gasteiger partial charge in [0.2, 0.25) is 0 Å². The third-order valence-electron chi connectivity index (χ3n) is 3.30. The van der Waals surface area contributed by atoms with Crippen molar-refractivity contribution >= 4 is 22.6 Å². The molecule has 108 valence electrons. The Morgan fingerprint density at radius 1 is 1.33 bits per heavy atom. The van der Waals surface area contributed by atoms with Gasteiger partial charge in [-0.1, -0.05) is 5.16 Å². The molecule has 2 aromatic heterocycles. The monoisotopic (exact) mass is 284 g/mol. The smallest absolute Gasteiger partial charge is 0.273 e. The van der Waals surface area contributed by atoms with E-state index < -0.39 is 0 Å². The Morgan fingerprint density at radius 2 is 2.14 bits per heavy atom. The summed E-state index contributed by atoms with van der Waals surface area (Å²) in [4.78, 5) is 12.3. The second kappa shape index (κ2) is 5.05. The van der Waals surface area contributed by atoms with Crippen LogP contribution in [0.25, 0.3) is 11.0 Å². The number of aromatic nitrogens is 3. The van der Waals surface area contributed by atoms with Gasteiger partial charge in [-0.15, -0.1) is 0 Å². The molecule has 0 atom stereocenters. The number of aryl methyl sites for hydroxylation is 1. The van der Waals surface area contributed by atoms with Gasteiger partial charge in [0, 0.05) is 29.4 Å². The maximum atomic E-state index is 12.3. The van der Waals surface area contributed by atoms with Crippen LogP contribution in [0.5, 0.6) is 0 Å². The molecule has 0 aliphatic heterocycles. The lowest BCUT2D eigenvalue weighted by atomic mass is 10.2. The normalized spacial score (nSPS) is 11.2. The summed E-state index contributed by atoms with van der Waals surface area (Å²) in [6, 6.07) is 7.31. The Labute approximate surface area is 121 Å². The minimum atomic E-state index is -0.197. The highest BCUT2D eigenvalue weighted by atomic mass is 16.5. The third kappa shape index (κ3) is 2.40. The number of benzene rings is 1. The number of anilines is 1. The standard InChI is InChI=1S/C15H16N4O2/c1-9(2)19-13(6-7-16-19)15(20)17-11-4-5-12-10(3)18-21-14(12)8-11/h4-9H,1-3H3,(H,17,20). The van der Waals surface area contributed by atoms with Crippen molar-refractivity contribution in [3.05, 3.63) is 41.9 Å². The lowest BCUT2D eigenvalue weighted by Gasteiger charge is -2.11. The second-order valence-corrected chi connectivity index (χ2v) is 5.19. The van der Waals surface area contributed by atoms with E-state index in [1.807, 2.05) is 32.9 Å². The number of hydrogen-bond acceptors (Lipinski definition) is 4. The number of amides is 1. The lowest BCUT2D eigenvalue weighted by Crippen LogP contribution is -2.18. The van der Waals surface area contributed by atoms with Gasteiger partial charge in [0.05, 0.1) is 5.69 Å². The van der Waals surface area contributed by atoms with E-state index in [2.05, 4.69) is 15.6 Å². The Kier molecular flexibility index (Phi) is 3.21. The van der Waals surface area contributed by atoms with E-state index in [4.69, 9.17) is 4.52 Å². The van der Waals surface area contributed by atoms with Gasteiger partial charge < -0.3 is 9.84 Å².